The number of ether oxygens (including phenoxy) is 1. The number of nitrogens with zero attached hydrogens (tertiary/aromatic N) is 1. The Morgan fingerprint density at radius 2 is 2.10 bits per heavy atom. The summed E-state index contributed by atoms with van der Waals surface area (Å²) in [6, 6.07) is 3.78. The second kappa shape index (κ2) is 8.21. The maximum Gasteiger partial charge on any atom is 0.305 e. The molecule has 0 heterocycles. The van der Waals surface area contributed by atoms with Crippen molar-refractivity contribution in [3.8, 4) is 0 Å². The number of amides is 1. The van der Waals surface area contributed by atoms with Crippen LogP contribution in [0.25, 0.3) is 0 Å². The number of esters is 1. The van der Waals surface area contributed by atoms with Crippen LogP contribution < -0.4 is 5.32 Å². The molecule has 0 unspecified atom stereocenters. The largest absolute Gasteiger partial charge is 0.469 e. The Morgan fingerprint density at radius 1 is 1.38 bits per heavy atom. The first-order valence-electron chi connectivity index (χ1n) is 6.24. The van der Waals surface area contributed by atoms with Crippen LogP contribution in [0.5, 0.6) is 0 Å². The van der Waals surface area contributed by atoms with E-state index in [2.05, 4.69) is 10.1 Å². The summed E-state index contributed by atoms with van der Waals surface area (Å²) in [4.78, 5) is 32.7. The maximum absolute atomic E-state index is 11.8. The molecule has 1 amide bonds. The first kappa shape index (κ1) is 16.9. The van der Waals surface area contributed by atoms with Crippen LogP contribution in [0.3, 0.4) is 0 Å². The lowest BCUT2D eigenvalue weighted by molar-refractivity contribution is -0.384. The van der Waals surface area contributed by atoms with Crippen molar-refractivity contribution in [1.82, 2.24) is 5.32 Å². The summed E-state index contributed by atoms with van der Waals surface area (Å²) in [5.74, 6) is -0.659. The van der Waals surface area contributed by atoms with E-state index in [9.17, 15) is 19.7 Å². The molecule has 7 nitrogen and oxygen atoms in total. The molecule has 0 atom stereocenters. The number of carbonyl (C=O) groups is 2. The summed E-state index contributed by atoms with van der Waals surface area (Å²) in [7, 11) is 1.32. The molecule has 0 saturated carbocycles. The van der Waals surface area contributed by atoms with Gasteiger partial charge in [0.2, 0.25) is 0 Å². The summed E-state index contributed by atoms with van der Waals surface area (Å²) in [5.41, 5.74) is 0.00450. The minimum Gasteiger partial charge on any atom is -0.469 e. The molecule has 8 heteroatoms. The van der Waals surface area contributed by atoms with E-state index in [-0.39, 0.29) is 28.1 Å². The van der Waals surface area contributed by atoms with Crippen LogP contribution in [-0.4, -0.2) is 30.5 Å². The topological polar surface area (TPSA) is 98.5 Å². The van der Waals surface area contributed by atoms with E-state index in [4.69, 9.17) is 11.6 Å². The van der Waals surface area contributed by atoms with E-state index >= 15 is 0 Å². The van der Waals surface area contributed by atoms with E-state index in [1.807, 2.05) is 0 Å². The average molecular weight is 315 g/mol. The van der Waals surface area contributed by atoms with Gasteiger partial charge >= 0.3 is 5.97 Å². The van der Waals surface area contributed by atoms with Gasteiger partial charge in [-0.3, -0.25) is 19.7 Å². The van der Waals surface area contributed by atoms with E-state index in [0.717, 1.165) is 0 Å². The SMILES string of the molecule is COC(=O)CCCCNC(=O)c1ccc([N+](=O)[O-])c(Cl)c1. The summed E-state index contributed by atoms with van der Waals surface area (Å²) in [6.07, 6.45) is 1.53. The number of benzene rings is 1. The minimum atomic E-state index is -0.614. The Morgan fingerprint density at radius 3 is 2.67 bits per heavy atom. The molecule has 0 aliphatic heterocycles. The Labute approximate surface area is 126 Å². The third kappa shape index (κ3) is 5.39. The van der Waals surface area contributed by atoms with Gasteiger partial charge in [0.25, 0.3) is 11.6 Å². The third-order valence-electron chi connectivity index (χ3n) is 2.73. The highest BCUT2D eigenvalue weighted by molar-refractivity contribution is 6.33. The second-order valence-corrected chi connectivity index (χ2v) is 4.62. The molecule has 0 radical (unpaired) electrons. The van der Waals surface area contributed by atoms with Crippen LogP contribution in [0.15, 0.2) is 18.2 Å². The molecule has 114 valence electrons. The smallest absolute Gasteiger partial charge is 0.305 e. The quantitative estimate of drug-likeness (QED) is 0.360. The van der Waals surface area contributed by atoms with Gasteiger partial charge < -0.3 is 10.1 Å². The fraction of sp³-hybridized carbons (Fsp3) is 0.385. The Kier molecular flexibility index (Phi) is 6.61. The zero-order valence-electron chi connectivity index (χ0n) is 11.4. The fourth-order valence-electron chi connectivity index (χ4n) is 1.60. The molecule has 0 aliphatic carbocycles. The van der Waals surface area contributed by atoms with Gasteiger partial charge in [0, 0.05) is 24.6 Å². The van der Waals surface area contributed by atoms with Gasteiger partial charge in [-0.05, 0) is 25.0 Å². The molecular weight excluding hydrogens is 300 g/mol. The molecular formula is C13H15ClN2O5. The highest BCUT2D eigenvalue weighted by atomic mass is 35.5. The number of nitro groups is 1. The summed E-state index contributed by atoms with van der Waals surface area (Å²) in [6.45, 7) is 0.393. The molecule has 1 aromatic rings. The van der Waals surface area contributed by atoms with Crippen molar-refractivity contribution in [2.75, 3.05) is 13.7 Å². The number of unbranched alkanes of at least 4 members (excludes halogenated alkanes) is 1. The number of nitro benzene ring substituents is 1. The number of methoxy groups -OCH3 is 1. The average Bonchev–Trinajstić information content (AvgIpc) is 2.45. The van der Waals surface area contributed by atoms with Gasteiger partial charge in [0.05, 0.1) is 12.0 Å². The van der Waals surface area contributed by atoms with Crippen LogP contribution >= 0.6 is 11.6 Å². The standard InChI is InChI=1S/C13H15ClN2O5/c1-21-12(17)4-2-3-7-15-13(18)9-5-6-11(16(19)20)10(14)8-9/h5-6,8H,2-4,7H2,1H3,(H,15,18). The van der Waals surface area contributed by atoms with Gasteiger partial charge in [-0.1, -0.05) is 11.6 Å². The summed E-state index contributed by atoms with van der Waals surface area (Å²) in [5, 5.41) is 13.2. The van der Waals surface area contributed by atoms with Gasteiger partial charge in [0.1, 0.15) is 5.02 Å². The predicted molar refractivity (Wildman–Crippen MR) is 76.3 cm³/mol. The van der Waals surface area contributed by atoms with Crippen LogP contribution in [-0.2, 0) is 9.53 Å². The summed E-state index contributed by atoms with van der Waals surface area (Å²) >= 11 is 5.73. The first-order valence-corrected chi connectivity index (χ1v) is 6.62. The number of hydrogen-bond acceptors (Lipinski definition) is 5. The molecule has 0 spiro atoms. The van der Waals surface area contributed by atoms with Crippen molar-refractivity contribution in [3.63, 3.8) is 0 Å². The molecule has 0 fully saturated rings. The predicted octanol–water partition coefficient (Wildman–Crippen LogP) is 2.32. The van der Waals surface area contributed by atoms with Crippen molar-refractivity contribution in [1.29, 1.82) is 0 Å². The molecule has 21 heavy (non-hydrogen) atoms. The molecule has 1 aromatic carbocycles. The van der Waals surface area contributed by atoms with Gasteiger partial charge in [-0.25, -0.2) is 0 Å². The van der Waals surface area contributed by atoms with Crippen LogP contribution in [0.2, 0.25) is 5.02 Å². The molecule has 0 bridgehead atoms. The first-order chi connectivity index (χ1) is 9.95. The zero-order chi connectivity index (χ0) is 15.8. The van der Waals surface area contributed by atoms with Crippen LogP contribution in [0.1, 0.15) is 29.6 Å². The van der Waals surface area contributed by atoms with Crippen LogP contribution in [0.4, 0.5) is 5.69 Å². The number of carbonyl (C=O) groups excluding carboxylic acids is 2. The maximum atomic E-state index is 11.8. The number of nitrogens with one attached hydrogen (secondary N) is 1. The normalized spacial score (nSPS) is 10.0. The summed E-state index contributed by atoms with van der Waals surface area (Å²) < 4.78 is 4.49. The van der Waals surface area contributed by atoms with E-state index in [1.54, 1.807) is 0 Å². The van der Waals surface area contributed by atoms with E-state index in [0.29, 0.717) is 25.8 Å². The molecule has 0 aliphatic rings. The van der Waals surface area contributed by atoms with Crippen LogP contribution in [0, 0.1) is 10.1 Å². The lowest BCUT2D eigenvalue weighted by atomic mass is 10.2. The fourth-order valence-corrected chi connectivity index (χ4v) is 1.85. The second-order valence-electron chi connectivity index (χ2n) is 4.21. The van der Waals surface area contributed by atoms with Crippen molar-refractivity contribution >= 4 is 29.2 Å². The lowest BCUT2D eigenvalue weighted by Crippen LogP contribution is -2.24. The van der Waals surface area contributed by atoms with Gasteiger partial charge in [-0.15, -0.1) is 0 Å². The highest BCUT2D eigenvalue weighted by Gasteiger charge is 2.14. The van der Waals surface area contributed by atoms with Crippen molar-refractivity contribution in [2.45, 2.75) is 19.3 Å². The number of halogens is 1. The van der Waals surface area contributed by atoms with E-state index in [1.165, 1.54) is 25.3 Å². The molecule has 1 rings (SSSR count). The van der Waals surface area contributed by atoms with Gasteiger partial charge in [-0.2, -0.15) is 0 Å². The van der Waals surface area contributed by atoms with Crippen molar-refractivity contribution in [2.24, 2.45) is 0 Å². The minimum absolute atomic E-state index is 0.0849. The van der Waals surface area contributed by atoms with Crippen molar-refractivity contribution < 1.29 is 19.2 Å². The van der Waals surface area contributed by atoms with Crippen molar-refractivity contribution in [3.05, 3.63) is 38.9 Å². The van der Waals surface area contributed by atoms with E-state index < -0.39 is 4.92 Å². The Bertz CT molecular complexity index is 547. The zero-order valence-corrected chi connectivity index (χ0v) is 12.2. The Hall–Kier alpha value is -2.15. The third-order valence-corrected chi connectivity index (χ3v) is 3.03. The molecule has 0 aromatic heterocycles. The Balaban J connectivity index is 2.44. The number of hydrogen-bond donors (Lipinski definition) is 1. The number of rotatable bonds is 7. The highest BCUT2D eigenvalue weighted by Crippen LogP contribution is 2.24. The molecule has 1 N–H and O–H groups in total. The van der Waals surface area contributed by atoms with Gasteiger partial charge in [0.15, 0.2) is 0 Å². The molecule has 0 saturated heterocycles. The monoisotopic (exact) mass is 314 g/mol. The lowest BCUT2D eigenvalue weighted by Gasteiger charge is -2.05.